The number of phenolic OH excluding ortho intramolecular Hbond substituents is 1. The molecule has 0 radical (unpaired) electrons. The number of allylic oxidation sites excluding steroid dienone is 1. The zero-order valence-electron chi connectivity index (χ0n) is 29.9. The number of carbonyl (C=O) groups excluding carboxylic acids is 3. The summed E-state index contributed by atoms with van der Waals surface area (Å²) in [5.74, 6) is -3.58. The van der Waals surface area contributed by atoms with Crippen LogP contribution in [0.25, 0.3) is 11.0 Å². The maximum Gasteiger partial charge on any atom is 0.231 e. The minimum absolute atomic E-state index is 0.00813. The average Bonchev–Trinajstić information content (AvgIpc) is 3.75. The van der Waals surface area contributed by atoms with Crippen LogP contribution in [0.4, 0.5) is 0 Å². The lowest BCUT2D eigenvalue weighted by atomic mass is 9.69. The first-order valence-corrected chi connectivity index (χ1v) is 17.7. The molecule has 0 fully saturated rings. The van der Waals surface area contributed by atoms with E-state index >= 15 is 0 Å². The van der Waals surface area contributed by atoms with E-state index in [4.69, 9.17) is 35.5 Å². The van der Waals surface area contributed by atoms with Gasteiger partial charge in [0.15, 0.2) is 28.8 Å². The number of hydrogen-bond donors (Lipinski definition) is 4. The first kappa shape index (κ1) is 36.4. The number of aliphatic hydroxyl groups excluding tert-OH is 1. The summed E-state index contributed by atoms with van der Waals surface area (Å²) in [6.07, 6.45) is -0.169. The number of halogens is 1. The van der Waals surface area contributed by atoms with Crippen LogP contribution in [-0.4, -0.2) is 64.6 Å². The fraction of sp³-hybridized carbons (Fsp3) is 0.268. The second kappa shape index (κ2) is 14.4. The number of H-pyrrole nitrogens is 1. The molecule has 1 unspecified atom stereocenters. The number of benzene rings is 4. The Morgan fingerprint density at radius 1 is 0.981 bits per heavy atom. The summed E-state index contributed by atoms with van der Waals surface area (Å²) in [6, 6.07) is 22.4. The van der Waals surface area contributed by atoms with E-state index in [1.165, 1.54) is 45.6 Å². The largest absolute Gasteiger partial charge is 0.507 e. The lowest BCUT2D eigenvalue weighted by molar-refractivity contribution is -0.122. The number of nitrogens with one attached hydrogen (secondary N) is 2. The zero-order chi connectivity index (χ0) is 38.3. The molecule has 1 spiro atoms. The molecule has 12 nitrogen and oxygen atoms in total. The molecule has 2 heterocycles. The van der Waals surface area contributed by atoms with Crippen LogP contribution in [0.5, 0.6) is 28.7 Å². The van der Waals surface area contributed by atoms with E-state index in [0.29, 0.717) is 17.8 Å². The van der Waals surface area contributed by atoms with Crippen LogP contribution >= 0.6 is 11.6 Å². The number of Topliss-reactive ketones (excluding diaryl/α,β-unsaturated/α-hetero) is 2. The summed E-state index contributed by atoms with van der Waals surface area (Å²) in [7, 11) is 4.14. The molecule has 0 bridgehead atoms. The topological polar surface area (TPSA) is 169 Å². The van der Waals surface area contributed by atoms with E-state index < -0.39 is 46.7 Å². The highest BCUT2D eigenvalue weighted by Gasteiger charge is 2.61. The number of nitrogens with zero attached hydrogens (tertiary/aromatic N) is 1. The van der Waals surface area contributed by atoms with Crippen LogP contribution in [0.3, 0.4) is 0 Å². The number of aromatic nitrogens is 2. The average molecular weight is 752 g/mol. The molecule has 4 atom stereocenters. The van der Waals surface area contributed by atoms with Gasteiger partial charge in [0, 0.05) is 36.3 Å². The van der Waals surface area contributed by atoms with Crippen molar-refractivity contribution >= 4 is 40.1 Å². The van der Waals surface area contributed by atoms with Crippen LogP contribution in [0.15, 0.2) is 90.2 Å². The van der Waals surface area contributed by atoms with Crippen molar-refractivity contribution in [2.75, 3.05) is 21.3 Å². The Hall–Kier alpha value is -6.01. The number of aromatic hydroxyl groups is 1. The number of ketones is 2. The molecule has 0 saturated carbocycles. The van der Waals surface area contributed by atoms with Gasteiger partial charge in [0.25, 0.3) is 0 Å². The molecule has 2 aliphatic rings. The predicted molar refractivity (Wildman–Crippen MR) is 200 cm³/mol. The third kappa shape index (κ3) is 6.15. The number of phenols is 1. The highest BCUT2D eigenvalue weighted by Crippen LogP contribution is 2.56. The molecule has 7 rings (SSSR count). The number of hydrogen-bond acceptors (Lipinski definition) is 10. The molecule has 1 amide bonds. The van der Waals surface area contributed by atoms with Crippen molar-refractivity contribution in [3.05, 3.63) is 118 Å². The number of carbonyl (C=O) groups is 3. The molecule has 4 N–H and O–H groups in total. The molecule has 13 heteroatoms. The van der Waals surface area contributed by atoms with Crippen molar-refractivity contribution in [1.82, 2.24) is 15.3 Å². The maximum atomic E-state index is 14.5. The van der Waals surface area contributed by atoms with Crippen LogP contribution in [-0.2, 0) is 16.0 Å². The number of methoxy groups -OCH3 is 3. The number of aromatic amines is 1. The Bertz CT molecular complexity index is 2290. The number of aliphatic hydroxyl groups is 1. The van der Waals surface area contributed by atoms with E-state index in [9.17, 15) is 24.6 Å². The van der Waals surface area contributed by atoms with Crippen LogP contribution < -0.4 is 24.3 Å². The smallest absolute Gasteiger partial charge is 0.231 e. The van der Waals surface area contributed by atoms with Crippen molar-refractivity contribution in [3.63, 3.8) is 0 Å². The molecule has 1 aromatic heterocycles. The lowest BCUT2D eigenvalue weighted by Gasteiger charge is -2.38. The fourth-order valence-electron chi connectivity index (χ4n) is 7.48. The Morgan fingerprint density at radius 2 is 1.69 bits per heavy atom. The Labute approximate surface area is 315 Å². The summed E-state index contributed by atoms with van der Waals surface area (Å²) in [4.78, 5) is 51.0. The zero-order valence-corrected chi connectivity index (χ0v) is 30.7. The second-order valence-electron chi connectivity index (χ2n) is 13.4. The number of para-hydroxylation sites is 2. The number of amides is 1. The second-order valence-corrected chi connectivity index (χ2v) is 13.8. The SMILES string of the molecule is COc1cc(C(CC(=O)N[C@@H](Cc2ccccc2)c2nc3ccccc3[nH]2)C2=C(O)[C@@]3(Oc4c(Cl)c(OC)cc(OC)c4C3=O)[C@H](C)CC2=O)ccc1O. The quantitative estimate of drug-likeness (QED) is 0.111. The molecule has 0 saturated heterocycles. The van der Waals surface area contributed by atoms with E-state index in [0.717, 1.165) is 16.6 Å². The van der Waals surface area contributed by atoms with E-state index in [1.54, 1.807) is 6.92 Å². The van der Waals surface area contributed by atoms with Gasteiger partial charge in [0.2, 0.25) is 17.3 Å². The van der Waals surface area contributed by atoms with Crippen molar-refractivity contribution in [3.8, 4) is 28.7 Å². The van der Waals surface area contributed by atoms with Gasteiger partial charge in [-0.1, -0.05) is 67.1 Å². The highest BCUT2D eigenvalue weighted by atomic mass is 35.5. The van der Waals surface area contributed by atoms with Crippen LogP contribution in [0.1, 0.15) is 59.0 Å². The molecule has 1 aliphatic carbocycles. The van der Waals surface area contributed by atoms with Gasteiger partial charge in [0.1, 0.15) is 27.9 Å². The van der Waals surface area contributed by atoms with Crippen molar-refractivity contribution in [2.24, 2.45) is 5.92 Å². The Morgan fingerprint density at radius 3 is 2.39 bits per heavy atom. The summed E-state index contributed by atoms with van der Waals surface area (Å²) in [5, 5.41) is 25.9. The van der Waals surface area contributed by atoms with Crippen molar-refractivity contribution in [1.29, 1.82) is 0 Å². The van der Waals surface area contributed by atoms with Crippen molar-refractivity contribution in [2.45, 2.75) is 43.7 Å². The molecule has 1 aliphatic heterocycles. The lowest BCUT2D eigenvalue weighted by Crippen LogP contribution is -2.53. The first-order valence-electron chi connectivity index (χ1n) is 17.3. The molecular formula is C41H38ClN3O9. The summed E-state index contributed by atoms with van der Waals surface area (Å²) in [6.45, 7) is 1.62. The first-order chi connectivity index (χ1) is 26.0. The van der Waals surface area contributed by atoms with Gasteiger partial charge in [-0.3, -0.25) is 14.4 Å². The van der Waals surface area contributed by atoms with Crippen molar-refractivity contribution < 1.29 is 43.5 Å². The monoisotopic (exact) mass is 751 g/mol. The van der Waals surface area contributed by atoms with Gasteiger partial charge >= 0.3 is 0 Å². The molecular weight excluding hydrogens is 714 g/mol. The van der Waals surface area contributed by atoms with Gasteiger partial charge in [-0.2, -0.15) is 0 Å². The number of fused-ring (bicyclic) bond motifs is 2. The number of imidazole rings is 1. The van der Waals surface area contributed by atoms with Crippen LogP contribution in [0.2, 0.25) is 5.02 Å². The minimum atomic E-state index is -2.07. The summed E-state index contributed by atoms with van der Waals surface area (Å²) < 4.78 is 22.7. The molecule has 5 aromatic rings. The number of rotatable bonds is 11. The van der Waals surface area contributed by atoms with Gasteiger partial charge in [-0.25, -0.2) is 4.98 Å². The molecule has 278 valence electrons. The normalized spacial score (nSPS) is 19.0. The number of ether oxygens (including phenoxy) is 4. The van der Waals surface area contributed by atoms with E-state index in [1.807, 2.05) is 54.6 Å². The molecule has 4 aromatic carbocycles. The fourth-order valence-corrected chi connectivity index (χ4v) is 7.74. The maximum absolute atomic E-state index is 14.5. The van der Waals surface area contributed by atoms with E-state index in [2.05, 4.69) is 10.3 Å². The summed E-state index contributed by atoms with van der Waals surface area (Å²) in [5.41, 5.74) is 0.565. The Kier molecular flexibility index (Phi) is 9.71. The highest BCUT2D eigenvalue weighted by molar-refractivity contribution is 6.35. The van der Waals surface area contributed by atoms with Gasteiger partial charge in [-0.15, -0.1) is 0 Å². The van der Waals surface area contributed by atoms with E-state index in [-0.39, 0.29) is 57.7 Å². The third-order valence-electron chi connectivity index (χ3n) is 10.2. The molecule has 54 heavy (non-hydrogen) atoms. The predicted octanol–water partition coefficient (Wildman–Crippen LogP) is 6.96. The minimum Gasteiger partial charge on any atom is -0.507 e. The third-order valence-corrected chi connectivity index (χ3v) is 10.6. The van der Waals surface area contributed by atoms with Gasteiger partial charge in [-0.05, 0) is 41.8 Å². The standard InChI is InChI=1S/C41H38ClN3O9/c1-21-16-29(47)34(38(49)41(21)39(50)35-31(52-3)20-32(53-4)36(42)37(35)54-41)24(23-14-15-28(46)30(18-23)51-2)19-33(48)43-27(17-22-10-6-5-7-11-22)40-44-25-12-8-9-13-26(25)45-40/h5-15,18,20-21,24,27,46,49H,16-17,19H2,1-4H3,(H,43,48)(H,44,45)/t21-,24?,27+,41+/m1/s1. The van der Waals surface area contributed by atoms with Gasteiger partial charge < -0.3 is 39.5 Å². The summed E-state index contributed by atoms with van der Waals surface area (Å²) >= 11 is 6.65. The van der Waals surface area contributed by atoms with Gasteiger partial charge in [0.05, 0.1) is 38.4 Å². The Balaban J connectivity index is 1.32. The van der Waals surface area contributed by atoms with Crippen LogP contribution in [0, 0.1) is 5.92 Å².